The van der Waals surface area contributed by atoms with Gasteiger partial charge in [-0.15, -0.1) is 22.7 Å². The minimum absolute atomic E-state index is 0.0442. The van der Waals surface area contributed by atoms with E-state index in [1.807, 2.05) is 38.1 Å². The van der Waals surface area contributed by atoms with Crippen LogP contribution in [-0.4, -0.2) is 59.7 Å². The van der Waals surface area contributed by atoms with Crippen LogP contribution in [0.4, 0.5) is 0 Å². The molecule has 158 valence electrons. The maximum absolute atomic E-state index is 13.1. The Bertz CT molecular complexity index is 1090. The van der Waals surface area contributed by atoms with Gasteiger partial charge in [-0.1, -0.05) is 18.2 Å². The molecule has 4 rings (SSSR count). The zero-order valence-corrected chi connectivity index (χ0v) is 18.4. The number of amides is 2. The van der Waals surface area contributed by atoms with Gasteiger partial charge in [-0.2, -0.15) is 0 Å². The molecular formula is C21H23N3O4S2. The van der Waals surface area contributed by atoms with Gasteiger partial charge in [-0.25, -0.2) is 4.98 Å². The Morgan fingerprint density at radius 2 is 2.07 bits per heavy atom. The number of nitrogens with one attached hydrogen (secondary N) is 1. The lowest BCUT2D eigenvalue weighted by Gasteiger charge is -2.33. The number of aryl methyl sites for hydroxylation is 2. The van der Waals surface area contributed by atoms with Crippen molar-refractivity contribution >= 4 is 44.6 Å². The van der Waals surface area contributed by atoms with Gasteiger partial charge in [0.15, 0.2) is 0 Å². The maximum atomic E-state index is 13.1. The molecule has 1 aromatic carbocycles. The fraction of sp³-hybridized carbons (Fsp3) is 0.381. The number of hydrogen-bond acceptors (Lipinski definition) is 7. The van der Waals surface area contributed by atoms with Crippen LogP contribution in [-0.2, 0) is 4.74 Å². The first-order valence-electron chi connectivity index (χ1n) is 9.75. The van der Waals surface area contributed by atoms with Crippen LogP contribution < -0.4 is 5.32 Å². The molecule has 1 unspecified atom stereocenters. The summed E-state index contributed by atoms with van der Waals surface area (Å²) in [7, 11) is 0. The van der Waals surface area contributed by atoms with Crippen molar-refractivity contribution in [3.05, 3.63) is 50.3 Å². The number of rotatable bonds is 5. The smallest absolute Gasteiger partial charge is 0.266 e. The number of carbonyl (C=O) groups excluding carboxylic acids is 2. The van der Waals surface area contributed by atoms with E-state index in [2.05, 4.69) is 10.3 Å². The third-order valence-corrected chi connectivity index (χ3v) is 7.26. The summed E-state index contributed by atoms with van der Waals surface area (Å²) in [6, 6.07) is 7.82. The summed E-state index contributed by atoms with van der Waals surface area (Å²) in [6.45, 7) is 5.08. The van der Waals surface area contributed by atoms with E-state index in [4.69, 9.17) is 9.84 Å². The van der Waals surface area contributed by atoms with Gasteiger partial charge < -0.3 is 20.1 Å². The van der Waals surface area contributed by atoms with Crippen molar-refractivity contribution in [2.45, 2.75) is 20.0 Å². The molecular weight excluding hydrogens is 422 g/mol. The first kappa shape index (κ1) is 20.9. The summed E-state index contributed by atoms with van der Waals surface area (Å²) in [6.07, 6.45) is -0.400. The van der Waals surface area contributed by atoms with Crippen molar-refractivity contribution in [3.8, 4) is 0 Å². The highest BCUT2D eigenvalue weighted by atomic mass is 32.1. The molecule has 2 amide bonds. The van der Waals surface area contributed by atoms with Gasteiger partial charge in [-0.05, 0) is 25.3 Å². The highest BCUT2D eigenvalue weighted by Crippen LogP contribution is 2.38. The van der Waals surface area contributed by atoms with E-state index in [1.165, 1.54) is 22.7 Å². The molecule has 2 N–H and O–H groups in total. The van der Waals surface area contributed by atoms with E-state index in [0.29, 0.717) is 29.5 Å². The minimum Gasteiger partial charge on any atom is -0.395 e. The molecule has 7 nitrogen and oxygen atoms in total. The molecule has 1 aliphatic heterocycles. The van der Waals surface area contributed by atoms with Crippen LogP contribution in [0.3, 0.4) is 0 Å². The summed E-state index contributed by atoms with van der Waals surface area (Å²) in [4.78, 5) is 33.3. The second kappa shape index (κ2) is 8.81. The van der Waals surface area contributed by atoms with Crippen LogP contribution in [0.15, 0.2) is 24.3 Å². The van der Waals surface area contributed by atoms with E-state index in [-0.39, 0.29) is 25.0 Å². The Morgan fingerprint density at radius 3 is 2.80 bits per heavy atom. The first-order chi connectivity index (χ1) is 14.5. The van der Waals surface area contributed by atoms with E-state index >= 15 is 0 Å². The molecule has 0 saturated carbocycles. The van der Waals surface area contributed by atoms with Crippen LogP contribution in [0, 0.1) is 13.8 Å². The van der Waals surface area contributed by atoms with Gasteiger partial charge in [0.2, 0.25) is 0 Å². The number of benzene rings is 1. The van der Waals surface area contributed by atoms with Crippen LogP contribution in [0.25, 0.3) is 10.1 Å². The summed E-state index contributed by atoms with van der Waals surface area (Å²) < 4.78 is 7.04. The number of aliphatic hydroxyl groups excluding tert-OH is 1. The molecule has 1 saturated heterocycles. The van der Waals surface area contributed by atoms with E-state index in [9.17, 15) is 9.59 Å². The average Bonchev–Trinajstić information content (AvgIpc) is 3.31. The number of nitrogens with zero attached hydrogens (tertiary/aromatic N) is 2. The van der Waals surface area contributed by atoms with Gasteiger partial charge in [0, 0.05) is 23.4 Å². The lowest BCUT2D eigenvalue weighted by Crippen LogP contribution is -2.42. The Hall–Kier alpha value is -2.33. The lowest BCUT2D eigenvalue weighted by molar-refractivity contribution is -0.0221. The first-order valence-corrected chi connectivity index (χ1v) is 11.4. The third kappa shape index (κ3) is 3.98. The largest absolute Gasteiger partial charge is 0.395 e. The average molecular weight is 446 g/mol. The number of aromatic nitrogens is 1. The van der Waals surface area contributed by atoms with Gasteiger partial charge >= 0.3 is 0 Å². The molecule has 1 atom stereocenters. The molecule has 30 heavy (non-hydrogen) atoms. The van der Waals surface area contributed by atoms with Crippen molar-refractivity contribution in [3.63, 3.8) is 0 Å². The summed E-state index contributed by atoms with van der Waals surface area (Å²) in [5, 5.41) is 13.6. The number of carbonyl (C=O) groups is 2. The van der Waals surface area contributed by atoms with Crippen LogP contribution >= 0.6 is 22.7 Å². The number of thiophene rings is 1. The van der Waals surface area contributed by atoms with Crippen molar-refractivity contribution in [1.82, 2.24) is 15.2 Å². The number of morpholine rings is 1. The normalized spacial score (nSPS) is 16.8. The summed E-state index contributed by atoms with van der Waals surface area (Å²) in [5.74, 6) is -0.279. The molecule has 1 aliphatic rings. The Labute approximate surface area is 182 Å². The Kier molecular flexibility index (Phi) is 6.14. The van der Waals surface area contributed by atoms with Crippen molar-refractivity contribution in [2.24, 2.45) is 0 Å². The van der Waals surface area contributed by atoms with Crippen molar-refractivity contribution < 1.29 is 19.4 Å². The molecule has 0 spiro atoms. The molecule has 0 bridgehead atoms. The molecule has 3 aromatic rings. The monoisotopic (exact) mass is 445 g/mol. The second-order valence-electron chi connectivity index (χ2n) is 7.08. The van der Waals surface area contributed by atoms with Gasteiger partial charge in [0.25, 0.3) is 11.8 Å². The van der Waals surface area contributed by atoms with E-state index in [0.717, 1.165) is 26.4 Å². The summed E-state index contributed by atoms with van der Waals surface area (Å²) in [5.41, 5.74) is 1.55. The predicted molar refractivity (Wildman–Crippen MR) is 117 cm³/mol. The van der Waals surface area contributed by atoms with Gasteiger partial charge in [0.1, 0.15) is 11.0 Å². The molecule has 2 aromatic heterocycles. The highest BCUT2D eigenvalue weighted by Gasteiger charge is 2.32. The number of aliphatic hydroxyl groups is 1. The van der Waals surface area contributed by atoms with Crippen molar-refractivity contribution in [1.29, 1.82) is 0 Å². The SMILES string of the molecule is Cc1nc(C)c(C(=O)N2CCOC(c3c(C(=O)NCCO)sc4ccccc34)C2)s1. The maximum Gasteiger partial charge on any atom is 0.266 e. The molecule has 0 radical (unpaired) electrons. The molecule has 1 fully saturated rings. The van der Waals surface area contributed by atoms with Gasteiger partial charge in [0.05, 0.1) is 35.3 Å². The number of ether oxygens (including phenoxy) is 1. The van der Waals surface area contributed by atoms with Crippen LogP contribution in [0.2, 0.25) is 0 Å². The van der Waals surface area contributed by atoms with Gasteiger partial charge in [-0.3, -0.25) is 9.59 Å². The second-order valence-corrected chi connectivity index (χ2v) is 9.33. The van der Waals surface area contributed by atoms with Crippen molar-refractivity contribution in [2.75, 3.05) is 32.8 Å². The topological polar surface area (TPSA) is 91.8 Å². The number of fused-ring (bicyclic) bond motifs is 1. The molecule has 0 aliphatic carbocycles. The number of hydrogen-bond donors (Lipinski definition) is 2. The minimum atomic E-state index is -0.400. The van der Waals surface area contributed by atoms with Crippen LogP contribution in [0.5, 0.6) is 0 Å². The zero-order chi connectivity index (χ0) is 21.3. The predicted octanol–water partition coefficient (Wildman–Crippen LogP) is 2.91. The zero-order valence-electron chi connectivity index (χ0n) is 16.8. The van der Waals surface area contributed by atoms with E-state index in [1.54, 1.807) is 4.90 Å². The third-order valence-electron chi connectivity index (χ3n) is 5.01. The highest BCUT2D eigenvalue weighted by molar-refractivity contribution is 7.21. The number of thiazole rings is 1. The Morgan fingerprint density at radius 1 is 1.27 bits per heavy atom. The van der Waals surface area contributed by atoms with E-state index < -0.39 is 6.10 Å². The van der Waals surface area contributed by atoms with Crippen LogP contribution in [0.1, 0.15) is 41.7 Å². The molecule has 3 heterocycles. The molecule has 9 heteroatoms. The summed E-state index contributed by atoms with van der Waals surface area (Å²) >= 11 is 2.81. The standard InChI is InChI=1S/C21H23N3O4S2/c1-12-18(29-13(2)23-12)21(27)24-8-10-28-15(11-24)17-14-5-3-4-6-16(14)30-19(17)20(26)22-7-9-25/h3-6,15,25H,7-11H2,1-2H3,(H,22,26). The quantitative estimate of drug-likeness (QED) is 0.630. The lowest BCUT2D eigenvalue weighted by atomic mass is 10.0. The fourth-order valence-corrected chi connectivity index (χ4v) is 5.74. The fourth-order valence-electron chi connectivity index (χ4n) is 3.69. The Balaban J connectivity index is 1.67.